The normalized spacial score (nSPS) is 24.4. The molecule has 2 atom stereocenters. The maximum atomic E-state index is 13.4. The van der Waals surface area contributed by atoms with Crippen molar-refractivity contribution in [2.75, 3.05) is 42.7 Å². The molecule has 140 valence electrons. The summed E-state index contributed by atoms with van der Waals surface area (Å²) in [4.78, 5) is 19.6. The number of aromatic nitrogens is 2. The lowest BCUT2D eigenvalue weighted by atomic mass is 10.1. The van der Waals surface area contributed by atoms with Crippen molar-refractivity contribution in [2.45, 2.75) is 38.1 Å². The van der Waals surface area contributed by atoms with Gasteiger partial charge >= 0.3 is 6.18 Å². The molecule has 0 aromatic carbocycles. The van der Waals surface area contributed by atoms with Crippen LogP contribution in [0.15, 0.2) is 10.9 Å². The summed E-state index contributed by atoms with van der Waals surface area (Å²) in [6.07, 6.45) is -4.70. The van der Waals surface area contributed by atoms with Crippen LogP contribution in [0.4, 0.5) is 24.9 Å². The van der Waals surface area contributed by atoms with Crippen LogP contribution in [0.1, 0.15) is 13.3 Å². The van der Waals surface area contributed by atoms with E-state index < -0.39 is 18.8 Å². The first kappa shape index (κ1) is 18.0. The Balaban J connectivity index is 2.04. The molecule has 0 aliphatic carbocycles. The van der Waals surface area contributed by atoms with Crippen molar-refractivity contribution in [3.05, 3.63) is 16.4 Å². The molecule has 0 spiro atoms. The molecule has 0 radical (unpaired) electrons. The Kier molecular flexibility index (Phi) is 4.92. The van der Waals surface area contributed by atoms with E-state index in [9.17, 15) is 23.1 Å². The number of rotatable bonds is 3. The zero-order chi connectivity index (χ0) is 18.2. The Morgan fingerprint density at radius 2 is 2.16 bits per heavy atom. The van der Waals surface area contributed by atoms with Gasteiger partial charge in [-0.25, -0.2) is 0 Å². The van der Waals surface area contributed by atoms with E-state index in [1.54, 1.807) is 0 Å². The van der Waals surface area contributed by atoms with Crippen molar-refractivity contribution in [3.8, 4) is 0 Å². The number of aliphatic hydroxyl groups excluding tert-OH is 1. The van der Waals surface area contributed by atoms with Crippen molar-refractivity contribution >= 4 is 11.8 Å². The van der Waals surface area contributed by atoms with Gasteiger partial charge in [0.15, 0.2) is 0 Å². The highest BCUT2D eigenvalue weighted by atomic mass is 19.4. The van der Waals surface area contributed by atoms with E-state index in [1.165, 1.54) is 10.6 Å². The first-order chi connectivity index (χ1) is 11.8. The highest BCUT2D eigenvalue weighted by Crippen LogP contribution is 2.34. The Hall–Kier alpha value is -1.81. The number of anilines is 2. The third-order valence-electron chi connectivity index (χ3n) is 4.61. The molecule has 0 amide bonds. The summed E-state index contributed by atoms with van der Waals surface area (Å²) in [7, 11) is 0. The summed E-state index contributed by atoms with van der Waals surface area (Å²) in [6.45, 7) is 2.61. The van der Waals surface area contributed by atoms with Gasteiger partial charge in [-0.2, -0.15) is 18.2 Å². The van der Waals surface area contributed by atoms with Gasteiger partial charge < -0.3 is 19.6 Å². The molecule has 0 unspecified atom stereocenters. The Morgan fingerprint density at radius 1 is 1.40 bits per heavy atom. The molecule has 3 rings (SSSR count). The van der Waals surface area contributed by atoms with E-state index in [0.29, 0.717) is 25.6 Å². The van der Waals surface area contributed by atoms with Crippen LogP contribution >= 0.6 is 0 Å². The van der Waals surface area contributed by atoms with Crippen LogP contribution in [0.25, 0.3) is 0 Å². The molecule has 3 heterocycles. The summed E-state index contributed by atoms with van der Waals surface area (Å²) in [6, 6.07) is -0.433. The summed E-state index contributed by atoms with van der Waals surface area (Å²) in [5.41, 5.74) is -0.387. The fraction of sp³-hybridized carbons (Fsp3) is 0.733. The van der Waals surface area contributed by atoms with Gasteiger partial charge in [0.1, 0.15) is 11.9 Å². The number of β-amino-alcohol motifs (C(OH)–C–C–N with tert-alkyl or cyclic N) is 1. The molecule has 0 bridgehead atoms. The molecule has 1 saturated heterocycles. The van der Waals surface area contributed by atoms with Crippen LogP contribution in [-0.2, 0) is 11.3 Å². The van der Waals surface area contributed by atoms with E-state index in [1.807, 2.05) is 11.8 Å². The first-order valence-electron chi connectivity index (χ1n) is 8.23. The van der Waals surface area contributed by atoms with Crippen LogP contribution in [0.3, 0.4) is 0 Å². The lowest BCUT2D eigenvalue weighted by Gasteiger charge is -2.40. The Labute approximate surface area is 142 Å². The second-order valence-electron chi connectivity index (χ2n) is 6.28. The molecular weight excluding hydrogens is 341 g/mol. The van der Waals surface area contributed by atoms with Gasteiger partial charge in [0.25, 0.3) is 5.56 Å². The van der Waals surface area contributed by atoms with Gasteiger partial charge in [-0.15, -0.1) is 0 Å². The van der Waals surface area contributed by atoms with Gasteiger partial charge in [0, 0.05) is 25.7 Å². The van der Waals surface area contributed by atoms with Crippen LogP contribution in [0.2, 0.25) is 0 Å². The fourth-order valence-electron chi connectivity index (χ4n) is 3.38. The lowest BCUT2D eigenvalue weighted by molar-refractivity contribution is -0.152. The van der Waals surface area contributed by atoms with E-state index in [-0.39, 0.29) is 37.1 Å². The number of nitrogens with zero attached hydrogens (tertiary/aromatic N) is 4. The van der Waals surface area contributed by atoms with Crippen molar-refractivity contribution in [3.63, 3.8) is 0 Å². The second kappa shape index (κ2) is 6.83. The third kappa shape index (κ3) is 3.45. The van der Waals surface area contributed by atoms with Crippen molar-refractivity contribution in [1.29, 1.82) is 0 Å². The monoisotopic (exact) mass is 362 g/mol. The molecule has 7 nitrogen and oxygen atoms in total. The van der Waals surface area contributed by atoms with Crippen LogP contribution in [0, 0.1) is 0 Å². The van der Waals surface area contributed by atoms with Crippen molar-refractivity contribution in [1.82, 2.24) is 9.55 Å². The summed E-state index contributed by atoms with van der Waals surface area (Å²) >= 11 is 0. The second-order valence-corrected chi connectivity index (χ2v) is 6.28. The predicted molar refractivity (Wildman–Crippen MR) is 85.0 cm³/mol. The minimum atomic E-state index is -4.46. The van der Waals surface area contributed by atoms with E-state index in [0.717, 1.165) is 4.90 Å². The zero-order valence-corrected chi connectivity index (χ0v) is 13.9. The average molecular weight is 362 g/mol. The van der Waals surface area contributed by atoms with Gasteiger partial charge in [0.2, 0.25) is 5.95 Å². The number of aliphatic hydroxyl groups is 1. The molecular formula is C15H21F3N4O3. The van der Waals surface area contributed by atoms with Gasteiger partial charge in [-0.05, 0) is 13.3 Å². The maximum Gasteiger partial charge on any atom is 0.408 e. The highest BCUT2D eigenvalue weighted by molar-refractivity contribution is 5.47. The molecule has 25 heavy (non-hydrogen) atoms. The Morgan fingerprint density at radius 3 is 2.80 bits per heavy atom. The number of halogens is 3. The summed E-state index contributed by atoms with van der Waals surface area (Å²) < 4.78 is 46.7. The number of fused-ring (bicyclic) bond motifs is 1. The van der Waals surface area contributed by atoms with E-state index in [2.05, 4.69) is 4.98 Å². The number of hydrogen-bond donors (Lipinski definition) is 1. The average Bonchev–Trinajstić information content (AvgIpc) is 2.55. The largest absolute Gasteiger partial charge is 0.408 e. The van der Waals surface area contributed by atoms with Crippen LogP contribution in [0.5, 0.6) is 0 Å². The number of ether oxygens (including phenoxy) is 1. The highest BCUT2D eigenvalue weighted by Gasteiger charge is 2.46. The Bertz CT molecular complexity index is 679. The lowest BCUT2D eigenvalue weighted by Crippen LogP contribution is -2.53. The van der Waals surface area contributed by atoms with Gasteiger partial charge in [-0.1, -0.05) is 0 Å². The first-order valence-corrected chi connectivity index (χ1v) is 8.23. The smallest absolute Gasteiger partial charge is 0.395 e. The third-order valence-corrected chi connectivity index (χ3v) is 4.61. The number of alkyl halides is 3. The standard InChI is InChI=1S/C15H21F3N4O3/c1-10-9-25-7-5-20(10)12-8-13(24)22-3-2-11(15(16,17)18)21(4-6-23)14(22)19-12/h8,10-11,23H,2-7,9H2,1H3/t10-,11+/m1/s1. The van der Waals surface area contributed by atoms with E-state index >= 15 is 0 Å². The molecule has 2 aliphatic rings. The van der Waals surface area contributed by atoms with E-state index in [4.69, 9.17) is 4.74 Å². The van der Waals surface area contributed by atoms with Crippen molar-refractivity contribution in [2.24, 2.45) is 0 Å². The molecule has 1 aromatic heterocycles. The quantitative estimate of drug-likeness (QED) is 0.849. The van der Waals surface area contributed by atoms with Gasteiger partial charge in [-0.3, -0.25) is 9.36 Å². The van der Waals surface area contributed by atoms with Crippen LogP contribution in [-0.4, -0.2) is 65.8 Å². The molecule has 1 aromatic rings. The molecule has 10 heteroatoms. The zero-order valence-electron chi connectivity index (χ0n) is 13.9. The topological polar surface area (TPSA) is 70.8 Å². The predicted octanol–water partition coefficient (Wildman–Crippen LogP) is 0.602. The summed E-state index contributed by atoms with van der Waals surface area (Å²) in [5, 5.41) is 9.21. The van der Waals surface area contributed by atoms with Crippen LogP contribution < -0.4 is 15.4 Å². The molecule has 0 saturated carbocycles. The number of morpholine rings is 1. The molecule has 1 fully saturated rings. The minimum Gasteiger partial charge on any atom is -0.395 e. The van der Waals surface area contributed by atoms with Crippen molar-refractivity contribution < 1.29 is 23.0 Å². The number of hydrogen-bond acceptors (Lipinski definition) is 6. The minimum absolute atomic E-state index is 0.0306. The SMILES string of the molecule is C[C@@H]1COCCN1c1cc(=O)n2c(n1)N(CCO)[C@H](C(F)(F)F)CC2. The summed E-state index contributed by atoms with van der Waals surface area (Å²) in [5.74, 6) is 0.307. The molecule has 2 aliphatic heterocycles. The van der Waals surface area contributed by atoms with Gasteiger partial charge in [0.05, 0.1) is 25.9 Å². The fourth-order valence-corrected chi connectivity index (χ4v) is 3.38. The maximum absolute atomic E-state index is 13.4. The molecule has 1 N–H and O–H groups in total.